The van der Waals surface area contributed by atoms with E-state index in [-0.39, 0.29) is 24.5 Å². The lowest BCUT2D eigenvalue weighted by Crippen LogP contribution is -2.23. The molecular weight excluding hydrogens is 394 g/mol. The molecule has 1 saturated heterocycles. The van der Waals surface area contributed by atoms with E-state index >= 15 is 0 Å². The second-order valence-electron chi connectivity index (χ2n) is 7.83. The Morgan fingerprint density at radius 3 is 2.77 bits per heavy atom. The van der Waals surface area contributed by atoms with Gasteiger partial charge in [0.2, 0.25) is 11.8 Å². The zero-order valence-electron chi connectivity index (χ0n) is 18.2. The van der Waals surface area contributed by atoms with E-state index in [1.807, 2.05) is 48.5 Å². The Balaban J connectivity index is 1.49. The number of benzene rings is 2. The normalized spacial score (nSPS) is 15.4. The van der Waals surface area contributed by atoms with E-state index in [0.29, 0.717) is 30.9 Å². The number of para-hydroxylation sites is 2. The highest BCUT2D eigenvalue weighted by Gasteiger charge is 2.17. The van der Waals surface area contributed by atoms with Crippen LogP contribution in [-0.4, -0.2) is 56.7 Å². The lowest BCUT2D eigenvalue weighted by Gasteiger charge is -2.15. The van der Waals surface area contributed by atoms with Crippen molar-refractivity contribution in [3.05, 3.63) is 54.1 Å². The van der Waals surface area contributed by atoms with Crippen LogP contribution in [-0.2, 0) is 20.7 Å². The Morgan fingerprint density at radius 1 is 1.16 bits per heavy atom. The molecule has 31 heavy (non-hydrogen) atoms. The molecule has 7 heteroatoms. The van der Waals surface area contributed by atoms with Gasteiger partial charge in [0, 0.05) is 32.8 Å². The lowest BCUT2D eigenvalue weighted by atomic mass is 10.1. The molecule has 1 unspecified atom stereocenters. The second kappa shape index (κ2) is 11.4. The molecule has 0 bridgehead atoms. The highest BCUT2D eigenvalue weighted by atomic mass is 16.5. The van der Waals surface area contributed by atoms with Crippen LogP contribution in [0.4, 0.5) is 11.4 Å². The smallest absolute Gasteiger partial charge is 0.243 e. The molecule has 0 radical (unpaired) electrons. The van der Waals surface area contributed by atoms with Gasteiger partial charge in [-0.05, 0) is 49.1 Å². The van der Waals surface area contributed by atoms with Crippen LogP contribution in [0.15, 0.2) is 48.5 Å². The van der Waals surface area contributed by atoms with Crippen LogP contribution in [0, 0.1) is 0 Å². The van der Waals surface area contributed by atoms with Crippen LogP contribution in [0.1, 0.15) is 24.8 Å². The number of carbonyl (C=O) groups excluding carboxylic acids is 2. The van der Waals surface area contributed by atoms with E-state index in [1.165, 1.54) is 0 Å². The molecule has 166 valence electrons. The number of rotatable bonds is 10. The minimum atomic E-state index is -0.165. The summed E-state index contributed by atoms with van der Waals surface area (Å²) in [4.78, 5) is 25.8. The molecule has 2 aromatic rings. The summed E-state index contributed by atoms with van der Waals surface area (Å²) < 4.78 is 11.5. The van der Waals surface area contributed by atoms with Crippen molar-refractivity contribution in [2.75, 3.05) is 44.5 Å². The quantitative estimate of drug-likeness (QED) is 0.611. The Morgan fingerprint density at radius 2 is 2.00 bits per heavy atom. The van der Waals surface area contributed by atoms with Gasteiger partial charge in [0.15, 0.2) is 0 Å². The molecule has 2 N–H and O–H groups in total. The first-order chi connectivity index (χ1) is 15.0. The van der Waals surface area contributed by atoms with E-state index in [9.17, 15) is 9.59 Å². The van der Waals surface area contributed by atoms with Crippen molar-refractivity contribution in [1.29, 1.82) is 0 Å². The summed E-state index contributed by atoms with van der Waals surface area (Å²) in [6.07, 6.45) is 3.30. The summed E-state index contributed by atoms with van der Waals surface area (Å²) in [6.45, 7) is 1.39. The SMILES string of the molecule is CN(C)C(=O)CCc1cccc(NCC(=O)Nc2ccccc2OCC2CCCO2)c1. The highest BCUT2D eigenvalue weighted by molar-refractivity contribution is 5.95. The molecule has 1 aliphatic heterocycles. The Hall–Kier alpha value is -3.06. The summed E-state index contributed by atoms with van der Waals surface area (Å²) in [5.41, 5.74) is 2.53. The predicted octanol–water partition coefficient (Wildman–Crippen LogP) is 3.32. The van der Waals surface area contributed by atoms with Gasteiger partial charge in [-0.25, -0.2) is 0 Å². The molecule has 0 spiro atoms. The third-order valence-electron chi connectivity index (χ3n) is 5.12. The van der Waals surface area contributed by atoms with Gasteiger partial charge in [-0.15, -0.1) is 0 Å². The molecule has 1 fully saturated rings. The van der Waals surface area contributed by atoms with Gasteiger partial charge in [0.05, 0.1) is 18.3 Å². The van der Waals surface area contributed by atoms with E-state index < -0.39 is 0 Å². The van der Waals surface area contributed by atoms with Crippen molar-refractivity contribution in [1.82, 2.24) is 4.90 Å². The number of nitrogens with one attached hydrogen (secondary N) is 2. The maximum atomic E-state index is 12.5. The van der Waals surface area contributed by atoms with Gasteiger partial charge >= 0.3 is 0 Å². The highest BCUT2D eigenvalue weighted by Crippen LogP contribution is 2.25. The monoisotopic (exact) mass is 425 g/mol. The first-order valence-electron chi connectivity index (χ1n) is 10.7. The van der Waals surface area contributed by atoms with Crippen molar-refractivity contribution in [2.45, 2.75) is 31.8 Å². The summed E-state index contributed by atoms with van der Waals surface area (Å²) in [6, 6.07) is 15.2. The van der Waals surface area contributed by atoms with Gasteiger partial charge in [-0.3, -0.25) is 9.59 Å². The molecular formula is C24H31N3O4. The second-order valence-corrected chi connectivity index (χ2v) is 7.83. The first kappa shape index (κ1) is 22.6. The predicted molar refractivity (Wildman–Crippen MR) is 121 cm³/mol. The fraction of sp³-hybridized carbons (Fsp3) is 0.417. The van der Waals surface area contributed by atoms with E-state index in [1.54, 1.807) is 19.0 Å². The molecule has 1 heterocycles. The third-order valence-corrected chi connectivity index (χ3v) is 5.12. The number of aryl methyl sites for hydroxylation is 1. The molecule has 0 aliphatic carbocycles. The summed E-state index contributed by atoms with van der Waals surface area (Å²) in [5.74, 6) is 0.568. The molecule has 2 amide bonds. The Kier molecular flexibility index (Phi) is 8.29. The fourth-order valence-electron chi connectivity index (χ4n) is 3.34. The van der Waals surface area contributed by atoms with Crippen molar-refractivity contribution in [3.8, 4) is 5.75 Å². The molecule has 1 atom stereocenters. The minimum Gasteiger partial charge on any atom is -0.489 e. The molecule has 1 aliphatic rings. The fourth-order valence-corrected chi connectivity index (χ4v) is 3.34. The van der Waals surface area contributed by atoms with Crippen molar-refractivity contribution in [2.24, 2.45) is 0 Å². The zero-order chi connectivity index (χ0) is 22.1. The van der Waals surface area contributed by atoms with Gasteiger partial charge in [-0.2, -0.15) is 0 Å². The number of nitrogens with zero attached hydrogens (tertiary/aromatic N) is 1. The van der Waals surface area contributed by atoms with Gasteiger partial charge in [-0.1, -0.05) is 24.3 Å². The third kappa shape index (κ3) is 7.29. The molecule has 2 aromatic carbocycles. The van der Waals surface area contributed by atoms with Crippen LogP contribution >= 0.6 is 0 Å². The average Bonchev–Trinajstić information content (AvgIpc) is 3.29. The first-order valence-corrected chi connectivity index (χ1v) is 10.7. The number of hydrogen-bond donors (Lipinski definition) is 2. The van der Waals surface area contributed by atoms with Gasteiger partial charge in [0.1, 0.15) is 12.4 Å². The number of amides is 2. The maximum Gasteiger partial charge on any atom is 0.243 e. The maximum absolute atomic E-state index is 12.5. The lowest BCUT2D eigenvalue weighted by molar-refractivity contribution is -0.128. The van der Waals surface area contributed by atoms with Crippen LogP contribution in [0.3, 0.4) is 0 Å². The van der Waals surface area contributed by atoms with Gasteiger partial charge in [0.25, 0.3) is 0 Å². The van der Waals surface area contributed by atoms with Crippen molar-refractivity contribution >= 4 is 23.2 Å². The Bertz CT molecular complexity index is 879. The van der Waals surface area contributed by atoms with E-state index in [0.717, 1.165) is 30.7 Å². The molecule has 0 aromatic heterocycles. The summed E-state index contributed by atoms with van der Waals surface area (Å²) >= 11 is 0. The molecule has 7 nitrogen and oxygen atoms in total. The van der Waals surface area contributed by atoms with E-state index in [2.05, 4.69) is 10.6 Å². The topological polar surface area (TPSA) is 79.9 Å². The number of hydrogen-bond acceptors (Lipinski definition) is 5. The average molecular weight is 426 g/mol. The Labute approximate surface area is 183 Å². The van der Waals surface area contributed by atoms with Crippen molar-refractivity contribution < 1.29 is 19.1 Å². The van der Waals surface area contributed by atoms with Gasteiger partial charge < -0.3 is 25.0 Å². The van der Waals surface area contributed by atoms with Crippen molar-refractivity contribution in [3.63, 3.8) is 0 Å². The van der Waals surface area contributed by atoms with Crippen LogP contribution in [0.5, 0.6) is 5.75 Å². The minimum absolute atomic E-state index is 0.0955. The largest absolute Gasteiger partial charge is 0.489 e. The number of ether oxygens (including phenoxy) is 2. The number of carbonyl (C=O) groups is 2. The van der Waals surface area contributed by atoms with Crippen LogP contribution < -0.4 is 15.4 Å². The van der Waals surface area contributed by atoms with Crippen LogP contribution in [0.2, 0.25) is 0 Å². The van der Waals surface area contributed by atoms with E-state index in [4.69, 9.17) is 9.47 Å². The summed E-state index contributed by atoms with van der Waals surface area (Å²) in [5, 5.41) is 6.05. The molecule has 3 rings (SSSR count). The standard InChI is InChI=1S/C24H31N3O4/c1-27(2)24(29)13-12-18-7-5-8-19(15-18)25-16-23(28)26-21-10-3-4-11-22(21)31-17-20-9-6-14-30-20/h3-5,7-8,10-11,15,20,25H,6,9,12-14,16-17H2,1-2H3,(H,26,28). The summed E-state index contributed by atoms with van der Waals surface area (Å²) in [7, 11) is 3.51. The zero-order valence-corrected chi connectivity index (χ0v) is 18.2. The van der Waals surface area contributed by atoms with Crippen LogP contribution in [0.25, 0.3) is 0 Å². The molecule has 0 saturated carbocycles. The number of anilines is 2.